The summed E-state index contributed by atoms with van der Waals surface area (Å²) >= 11 is 1.60. The number of hydrogen-bond donors (Lipinski definition) is 2. The van der Waals surface area contributed by atoms with Gasteiger partial charge in [0.15, 0.2) is 11.5 Å². The van der Waals surface area contributed by atoms with Crippen LogP contribution in [0.1, 0.15) is 37.7 Å². The molecule has 0 bridgehead atoms. The van der Waals surface area contributed by atoms with Gasteiger partial charge in [-0.1, -0.05) is 6.07 Å². The largest absolute Gasteiger partial charge is 0.467 e. The number of carbonyl (C=O) groups is 3. The van der Waals surface area contributed by atoms with Crippen LogP contribution in [-0.4, -0.2) is 55.3 Å². The SMILES string of the molecule is COC(=O)[C@@H](CCSC)NC(=O)CC[C@]1(Cc2ccc3c(c2)OCO3)CCC(=O)N1. The summed E-state index contributed by atoms with van der Waals surface area (Å²) in [6.07, 6.45) is 4.82. The molecular formula is C21H28N2O6S. The van der Waals surface area contributed by atoms with E-state index in [4.69, 9.17) is 14.2 Å². The first-order chi connectivity index (χ1) is 14.4. The van der Waals surface area contributed by atoms with Gasteiger partial charge in [0.25, 0.3) is 0 Å². The molecule has 9 heteroatoms. The van der Waals surface area contributed by atoms with E-state index in [0.29, 0.717) is 43.6 Å². The molecule has 1 aromatic carbocycles. The molecule has 0 unspecified atom stereocenters. The van der Waals surface area contributed by atoms with E-state index in [0.717, 1.165) is 11.3 Å². The van der Waals surface area contributed by atoms with Crippen molar-refractivity contribution in [2.75, 3.05) is 25.9 Å². The van der Waals surface area contributed by atoms with Crippen LogP contribution in [0, 0.1) is 0 Å². The summed E-state index contributed by atoms with van der Waals surface area (Å²) in [5, 5.41) is 5.85. The van der Waals surface area contributed by atoms with Crippen molar-refractivity contribution in [1.29, 1.82) is 0 Å². The number of ether oxygens (including phenoxy) is 3. The minimum Gasteiger partial charge on any atom is -0.467 e. The molecule has 0 aliphatic carbocycles. The van der Waals surface area contributed by atoms with Crippen molar-refractivity contribution in [3.05, 3.63) is 23.8 Å². The molecule has 1 fully saturated rings. The predicted molar refractivity (Wildman–Crippen MR) is 113 cm³/mol. The van der Waals surface area contributed by atoms with Gasteiger partial charge in [0, 0.05) is 18.4 Å². The highest BCUT2D eigenvalue weighted by atomic mass is 32.2. The van der Waals surface area contributed by atoms with E-state index in [-0.39, 0.29) is 25.0 Å². The van der Waals surface area contributed by atoms with Crippen LogP contribution in [0.4, 0.5) is 0 Å². The maximum atomic E-state index is 12.5. The van der Waals surface area contributed by atoms with Crippen LogP contribution in [0.25, 0.3) is 0 Å². The highest BCUT2D eigenvalue weighted by Crippen LogP contribution is 2.36. The first kappa shape index (κ1) is 22.3. The van der Waals surface area contributed by atoms with E-state index in [1.54, 1.807) is 11.8 Å². The Labute approximate surface area is 180 Å². The minimum absolute atomic E-state index is 0.0106. The van der Waals surface area contributed by atoms with Gasteiger partial charge in [-0.25, -0.2) is 4.79 Å². The molecule has 2 heterocycles. The summed E-state index contributed by atoms with van der Waals surface area (Å²) in [6, 6.07) is 5.08. The van der Waals surface area contributed by atoms with Gasteiger partial charge in [0.05, 0.1) is 7.11 Å². The van der Waals surface area contributed by atoms with E-state index in [2.05, 4.69) is 10.6 Å². The summed E-state index contributed by atoms with van der Waals surface area (Å²) in [6.45, 7) is 0.207. The lowest BCUT2D eigenvalue weighted by Crippen LogP contribution is -2.46. The van der Waals surface area contributed by atoms with E-state index in [1.807, 2.05) is 24.5 Å². The Morgan fingerprint density at radius 1 is 1.33 bits per heavy atom. The van der Waals surface area contributed by atoms with Crippen LogP contribution in [-0.2, 0) is 25.5 Å². The Bertz CT molecular complexity index is 802. The van der Waals surface area contributed by atoms with Gasteiger partial charge in [-0.3, -0.25) is 9.59 Å². The molecule has 2 amide bonds. The van der Waals surface area contributed by atoms with Crippen molar-refractivity contribution >= 4 is 29.5 Å². The Hall–Kier alpha value is -2.42. The zero-order valence-corrected chi connectivity index (χ0v) is 18.1. The van der Waals surface area contributed by atoms with E-state index < -0.39 is 17.6 Å². The topological polar surface area (TPSA) is 103 Å². The Morgan fingerprint density at radius 3 is 2.83 bits per heavy atom. The third-order valence-electron chi connectivity index (χ3n) is 5.48. The van der Waals surface area contributed by atoms with Gasteiger partial charge in [0.1, 0.15) is 6.04 Å². The highest BCUT2D eigenvalue weighted by molar-refractivity contribution is 7.98. The second kappa shape index (κ2) is 10.1. The fraction of sp³-hybridized carbons (Fsp3) is 0.571. The number of carbonyl (C=O) groups excluding carboxylic acids is 3. The van der Waals surface area contributed by atoms with Crippen LogP contribution in [0.5, 0.6) is 11.5 Å². The first-order valence-corrected chi connectivity index (χ1v) is 11.4. The second-order valence-electron chi connectivity index (χ2n) is 7.62. The Morgan fingerprint density at radius 2 is 2.13 bits per heavy atom. The summed E-state index contributed by atoms with van der Waals surface area (Å²) in [5.41, 5.74) is 0.511. The number of fused-ring (bicyclic) bond motifs is 1. The number of benzene rings is 1. The standard InChI is InChI=1S/C21H28N2O6S/c1-27-20(26)15(7-10-30-2)22-18(24)5-8-21(9-6-19(25)23-21)12-14-3-4-16-17(11-14)29-13-28-16/h3-4,11,15H,5-10,12-13H2,1-2H3,(H,22,24)(H,23,25)/t15-,21-/m1/s1. The lowest BCUT2D eigenvalue weighted by atomic mass is 9.84. The van der Waals surface area contributed by atoms with Gasteiger partial charge in [-0.05, 0) is 55.4 Å². The normalized spacial score (nSPS) is 20.5. The average molecular weight is 437 g/mol. The third kappa shape index (κ3) is 5.59. The molecule has 2 atom stereocenters. The fourth-order valence-electron chi connectivity index (χ4n) is 3.87. The van der Waals surface area contributed by atoms with Crippen molar-refractivity contribution in [3.8, 4) is 11.5 Å². The first-order valence-electron chi connectivity index (χ1n) is 10.0. The van der Waals surface area contributed by atoms with Crippen LogP contribution in [0.3, 0.4) is 0 Å². The molecule has 1 saturated heterocycles. The molecule has 164 valence electrons. The molecule has 2 aliphatic rings. The smallest absolute Gasteiger partial charge is 0.328 e. The van der Waals surface area contributed by atoms with Gasteiger partial charge in [0.2, 0.25) is 18.6 Å². The second-order valence-corrected chi connectivity index (χ2v) is 8.60. The Kier molecular flexibility index (Phi) is 7.47. The molecule has 1 aromatic rings. The Balaban J connectivity index is 1.62. The molecule has 2 aliphatic heterocycles. The lowest BCUT2D eigenvalue weighted by Gasteiger charge is -2.29. The third-order valence-corrected chi connectivity index (χ3v) is 6.12. The number of methoxy groups -OCH3 is 1. The highest BCUT2D eigenvalue weighted by Gasteiger charge is 2.38. The zero-order valence-electron chi connectivity index (χ0n) is 17.3. The molecule has 0 radical (unpaired) electrons. The van der Waals surface area contributed by atoms with Gasteiger partial charge < -0.3 is 24.8 Å². The minimum atomic E-state index is -0.655. The van der Waals surface area contributed by atoms with Crippen LogP contribution < -0.4 is 20.1 Å². The summed E-state index contributed by atoms with van der Waals surface area (Å²) in [4.78, 5) is 36.5. The number of rotatable bonds is 10. The zero-order chi connectivity index (χ0) is 21.6. The van der Waals surface area contributed by atoms with E-state index in [9.17, 15) is 14.4 Å². The lowest BCUT2D eigenvalue weighted by molar-refractivity contribution is -0.145. The molecule has 0 aromatic heterocycles. The van der Waals surface area contributed by atoms with Gasteiger partial charge in [-0.15, -0.1) is 0 Å². The number of amides is 2. The maximum Gasteiger partial charge on any atom is 0.328 e. The molecule has 8 nitrogen and oxygen atoms in total. The van der Waals surface area contributed by atoms with Crippen LogP contribution >= 0.6 is 11.8 Å². The molecular weight excluding hydrogens is 408 g/mol. The van der Waals surface area contributed by atoms with E-state index >= 15 is 0 Å². The van der Waals surface area contributed by atoms with E-state index in [1.165, 1.54) is 7.11 Å². The number of hydrogen-bond acceptors (Lipinski definition) is 7. The number of esters is 1. The van der Waals surface area contributed by atoms with Crippen molar-refractivity contribution < 1.29 is 28.6 Å². The van der Waals surface area contributed by atoms with Crippen molar-refractivity contribution in [3.63, 3.8) is 0 Å². The molecule has 3 rings (SSSR count). The molecule has 2 N–H and O–H groups in total. The number of thioether (sulfide) groups is 1. The maximum absolute atomic E-state index is 12.5. The predicted octanol–water partition coefficient (Wildman–Crippen LogP) is 1.80. The summed E-state index contributed by atoms with van der Waals surface area (Å²) in [5.74, 6) is 1.47. The summed E-state index contributed by atoms with van der Waals surface area (Å²) < 4.78 is 15.6. The molecule has 30 heavy (non-hydrogen) atoms. The van der Waals surface area contributed by atoms with Crippen molar-refractivity contribution in [2.45, 2.75) is 50.1 Å². The number of nitrogens with one attached hydrogen (secondary N) is 2. The van der Waals surface area contributed by atoms with Crippen molar-refractivity contribution in [2.24, 2.45) is 0 Å². The molecule has 0 spiro atoms. The van der Waals surface area contributed by atoms with Crippen molar-refractivity contribution in [1.82, 2.24) is 10.6 Å². The van der Waals surface area contributed by atoms with Crippen LogP contribution in [0.15, 0.2) is 18.2 Å². The average Bonchev–Trinajstić information content (AvgIpc) is 3.35. The fourth-order valence-corrected chi connectivity index (χ4v) is 4.34. The van der Waals surface area contributed by atoms with Gasteiger partial charge in [-0.2, -0.15) is 11.8 Å². The van der Waals surface area contributed by atoms with Crippen LogP contribution in [0.2, 0.25) is 0 Å². The monoisotopic (exact) mass is 436 g/mol. The van der Waals surface area contributed by atoms with Gasteiger partial charge >= 0.3 is 5.97 Å². The molecule has 0 saturated carbocycles. The quantitative estimate of drug-likeness (QED) is 0.539. The summed E-state index contributed by atoms with van der Waals surface area (Å²) in [7, 11) is 1.31.